The Morgan fingerprint density at radius 3 is 2.67 bits per heavy atom. The van der Waals surface area contributed by atoms with Crippen molar-refractivity contribution in [3.63, 3.8) is 0 Å². The van der Waals surface area contributed by atoms with E-state index in [-0.39, 0.29) is 0 Å². The van der Waals surface area contributed by atoms with Crippen LogP contribution < -0.4 is 4.74 Å². The molecule has 0 spiro atoms. The van der Waals surface area contributed by atoms with Gasteiger partial charge in [-0.05, 0) is 49.8 Å². The monoisotopic (exact) mass is 363 g/mol. The fourth-order valence-corrected chi connectivity index (χ4v) is 2.67. The minimum atomic E-state index is -0.969. The smallest absolute Gasteiger partial charge is 0.328 e. The fourth-order valence-electron chi connectivity index (χ4n) is 2.67. The first-order valence-electron chi connectivity index (χ1n) is 8.68. The van der Waals surface area contributed by atoms with Crippen LogP contribution in [0.15, 0.2) is 59.0 Å². The second-order valence-electron chi connectivity index (χ2n) is 6.23. The van der Waals surface area contributed by atoms with E-state index in [1.165, 1.54) is 6.08 Å². The Hall–Kier alpha value is -3.34. The maximum atomic E-state index is 10.5. The molecule has 0 saturated carbocycles. The van der Waals surface area contributed by atoms with Crippen molar-refractivity contribution in [2.75, 3.05) is 6.61 Å². The molecule has 0 fully saturated rings. The predicted molar refractivity (Wildman–Crippen MR) is 104 cm³/mol. The lowest BCUT2D eigenvalue weighted by Gasteiger charge is -2.05. The Labute approximate surface area is 157 Å². The molecule has 0 radical (unpaired) electrons. The fraction of sp³-hybridized carbons (Fsp3) is 0.182. The van der Waals surface area contributed by atoms with Crippen LogP contribution in [0.4, 0.5) is 0 Å². The van der Waals surface area contributed by atoms with Gasteiger partial charge in [0.15, 0.2) is 0 Å². The molecule has 0 amide bonds. The number of carboxylic acid groups (broad SMARTS) is 1. The molecule has 0 saturated heterocycles. The number of aliphatic carboxylic acids is 1. The zero-order valence-electron chi connectivity index (χ0n) is 15.3. The lowest BCUT2D eigenvalue weighted by molar-refractivity contribution is -0.131. The van der Waals surface area contributed by atoms with Crippen LogP contribution in [0.5, 0.6) is 5.75 Å². The number of oxazole rings is 1. The Balaban J connectivity index is 1.58. The largest absolute Gasteiger partial charge is 0.493 e. The molecule has 138 valence electrons. The molecule has 3 rings (SSSR count). The Morgan fingerprint density at radius 2 is 1.96 bits per heavy atom. The van der Waals surface area contributed by atoms with Gasteiger partial charge in [0, 0.05) is 18.1 Å². The number of aryl methyl sites for hydroxylation is 2. The van der Waals surface area contributed by atoms with E-state index < -0.39 is 5.97 Å². The molecule has 0 unspecified atom stereocenters. The molecule has 3 aromatic rings. The van der Waals surface area contributed by atoms with Gasteiger partial charge >= 0.3 is 5.97 Å². The molecule has 0 aliphatic carbocycles. The van der Waals surface area contributed by atoms with Crippen LogP contribution in [0, 0.1) is 13.8 Å². The van der Waals surface area contributed by atoms with E-state index in [1.54, 1.807) is 0 Å². The van der Waals surface area contributed by atoms with Crippen molar-refractivity contribution in [3.05, 3.63) is 77.2 Å². The van der Waals surface area contributed by atoms with Crippen molar-refractivity contribution in [1.29, 1.82) is 0 Å². The van der Waals surface area contributed by atoms with Crippen molar-refractivity contribution in [2.45, 2.75) is 20.3 Å². The first-order chi connectivity index (χ1) is 13.0. The van der Waals surface area contributed by atoms with Crippen LogP contribution >= 0.6 is 0 Å². The third-order valence-electron chi connectivity index (χ3n) is 4.06. The van der Waals surface area contributed by atoms with Crippen LogP contribution in [0.25, 0.3) is 17.5 Å². The SMILES string of the molecule is Cc1cccc(-c2nc(CCOc3ccc(/C=C/C(=O)O)cc3)c(C)o2)c1. The second-order valence-corrected chi connectivity index (χ2v) is 6.23. The minimum absolute atomic E-state index is 0.477. The zero-order valence-corrected chi connectivity index (χ0v) is 15.3. The summed E-state index contributed by atoms with van der Waals surface area (Å²) in [6, 6.07) is 15.3. The number of carbonyl (C=O) groups is 1. The highest BCUT2D eigenvalue weighted by atomic mass is 16.5. The van der Waals surface area contributed by atoms with Crippen molar-refractivity contribution >= 4 is 12.0 Å². The maximum Gasteiger partial charge on any atom is 0.328 e. The molecule has 5 nitrogen and oxygen atoms in total. The number of aromatic nitrogens is 1. The number of nitrogens with zero attached hydrogens (tertiary/aromatic N) is 1. The summed E-state index contributed by atoms with van der Waals surface area (Å²) in [5.41, 5.74) is 3.82. The summed E-state index contributed by atoms with van der Waals surface area (Å²) in [5, 5.41) is 8.64. The Bertz CT molecular complexity index is 955. The van der Waals surface area contributed by atoms with E-state index in [2.05, 4.69) is 4.98 Å². The lowest BCUT2D eigenvalue weighted by Crippen LogP contribution is -2.02. The van der Waals surface area contributed by atoms with Crippen molar-refractivity contribution in [3.8, 4) is 17.2 Å². The number of hydrogen-bond donors (Lipinski definition) is 1. The molecular formula is C22H21NO4. The van der Waals surface area contributed by atoms with Gasteiger partial charge < -0.3 is 14.3 Å². The topological polar surface area (TPSA) is 72.6 Å². The van der Waals surface area contributed by atoms with E-state index in [0.29, 0.717) is 18.9 Å². The van der Waals surface area contributed by atoms with Crippen molar-refractivity contribution in [1.82, 2.24) is 4.98 Å². The van der Waals surface area contributed by atoms with Crippen LogP contribution in [-0.4, -0.2) is 22.7 Å². The van der Waals surface area contributed by atoms with Gasteiger partial charge in [0.1, 0.15) is 11.5 Å². The van der Waals surface area contributed by atoms with Crippen molar-refractivity contribution < 1.29 is 19.1 Å². The predicted octanol–water partition coefficient (Wildman–Crippen LogP) is 4.68. The highest BCUT2D eigenvalue weighted by Crippen LogP contribution is 2.23. The quantitative estimate of drug-likeness (QED) is 0.617. The van der Waals surface area contributed by atoms with Crippen molar-refractivity contribution in [2.24, 2.45) is 0 Å². The van der Waals surface area contributed by atoms with E-state index in [1.807, 2.05) is 62.4 Å². The number of hydrogen-bond acceptors (Lipinski definition) is 4. The summed E-state index contributed by atoms with van der Waals surface area (Å²) in [5.74, 6) is 1.18. The molecule has 2 aromatic carbocycles. The van der Waals surface area contributed by atoms with Gasteiger partial charge in [-0.1, -0.05) is 29.8 Å². The minimum Gasteiger partial charge on any atom is -0.493 e. The van der Waals surface area contributed by atoms with E-state index in [0.717, 1.165) is 40.0 Å². The molecule has 0 atom stereocenters. The molecule has 1 N–H and O–H groups in total. The van der Waals surface area contributed by atoms with Gasteiger partial charge in [-0.25, -0.2) is 9.78 Å². The van der Waals surface area contributed by atoms with Crippen LogP contribution in [0.1, 0.15) is 22.6 Å². The summed E-state index contributed by atoms with van der Waals surface area (Å²) in [7, 11) is 0. The van der Waals surface area contributed by atoms with Gasteiger partial charge in [-0.15, -0.1) is 0 Å². The summed E-state index contributed by atoms with van der Waals surface area (Å²) in [4.78, 5) is 15.1. The van der Waals surface area contributed by atoms with E-state index >= 15 is 0 Å². The highest BCUT2D eigenvalue weighted by Gasteiger charge is 2.11. The number of ether oxygens (including phenoxy) is 1. The molecule has 0 bridgehead atoms. The number of rotatable bonds is 7. The highest BCUT2D eigenvalue weighted by molar-refractivity contribution is 5.85. The van der Waals surface area contributed by atoms with Gasteiger partial charge in [-0.2, -0.15) is 0 Å². The van der Waals surface area contributed by atoms with Crippen LogP contribution in [-0.2, 0) is 11.2 Å². The molecule has 27 heavy (non-hydrogen) atoms. The standard InChI is InChI=1S/C22H21NO4/c1-15-4-3-5-18(14-15)22-23-20(16(2)27-22)12-13-26-19-9-6-17(7-10-19)8-11-21(24)25/h3-11,14H,12-13H2,1-2H3,(H,24,25)/b11-8+. The second kappa shape index (κ2) is 8.36. The summed E-state index contributed by atoms with van der Waals surface area (Å²) >= 11 is 0. The number of carboxylic acids is 1. The first-order valence-corrected chi connectivity index (χ1v) is 8.68. The summed E-state index contributed by atoms with van der Waals surface area (Å²) < 4.78 is 11.6. The average Bonchev–Trinajstić information content (AvgIpc) is 3.02. The van der Waals surface area contributed by atoms with Gasteiger partial charge in [-0.3, -0.25) is 0 Å². The maximum absolute atomic E-state index is 10.5. The van der Waals surface area contributed by atoms with Crippen LogP contribution in [0.3, 0.4) is 0 Å². The Kier molecular flexibility index (Phi) is 5.71. The average molecular weight is 363 g/mol. The third-order valence-corrected chi connectivity index (χ3v) is 4.06. The molecule has 0 aliphatic heterocycles. The third kappa shape index (κ3) is 5.07. The van der Waals surface area contributed by atoms with E-state index in [4.69, 9.17) is 14.3 Å². The Morgan fingerprint density at radius 1 is 1.19 bits per heavy atom. The molecule has 1 heterocycles. The van der Waals surface area contributed by atoms with Crippen LogP contribution in [0.2, 0.25) is 0 Å². The zero-order chi connectivity index (χ0) is 19.2. The lowest BCUT2D eigenvalue weighted by atomic mass is 10.1. The van der Waals surface area contributed by atoms with Gasteiger partial charge in [0.25, 0.3) is 0 Å². The van der Waals surface area contributed by atoms with Gasteiger partial charge in [0.05, 0.1) is 12.3 Å². The summed E-state index contributed by atoms with van der Waals surface area (Å²) in [6.45, 7) is 4.42. The molecule has 1 aromatic heterocycles. The van der Waals surface area contributed by atoms with Gasteiger partial charge in [0.2, 0.25) is 5.89 Å². The molecule has 5 heteroatoms. The van der Waals surface area contributed by atoms with E-state index in [9.17, 15) is 4.79 Å². The number of benzene rings is 2. The summed E-state index contributed by atoms with van der Waals surface area (Å²) in [6.07, 6.45) is 3.29. The first kappa shape index (κ1) is 18.5. The molecular weight excluding hydrogens is 342 g/mol. The molecule has 0 aliphatic rings. The normalized spacial score (nSPS) is 11.0.